The molecule has 0 saturated heterocycles. The lowest BCUT2D eigenvalue weighted by atomic mass is 10.1. The second-order valence-electron chi connectivity index (χ2n) is 4.93. The third-order valence-corrected chi connectivity index (χ3v) is 4.84. The van der Waals surface area contributed by atoms with Gasteiger partial charge in [-0.05, 0) is 42.0 Å². The van der Waals surface area contributed by atoms with E-state index >= 15 is 0 Å². The van der Waals surface area contributed by atoms with Crippen LogP contribution in [0.4, 0.5) is 13.2 Å². The van der Waals surface area contributed by atoms with Crippen molar-refractivity contribution in [2.45, 2.75) is 16.8 Å². The molecule has 3 aromatic rings. The number of benzene rings is 2. The summed E-state index contributed by atoms with van der Waals surface area (Å²) in [5.41, 5.74) is 0.125. The first-order valence-electron chi connectivity index (χ1n) is 6.78. The van der Waals surface area contributed by atoms with E-state index in [1.165, 1.54) is 11.8 Å². The Balaban J connectivity index is 2.03. The minimum atomic E-state index is -4.45. The van der Waals surface area contributed by atoms with E-state index in [4.69, 9.17) is 0 Å². The Morgan fingerprint density at radius 3 is 2.43 bits per heavy atom. The largest absolute Gasteiger partial charge is 0.433 e. The van der Waals surface area contributed by atoms with Gasteiger partial charge in [-0.3, -0.25) is 0 Å². The van der Waals surface area contributed by atoms with Gasteiger partial charge in [-0.2, -0.15) is 13.2 Å². The number of pyridine rings is 1. The molecule has 6 heteroatoms. The third kappa shape index (κ3) is 3.87. The van der Waals surface area contributed by atoms with Gasteiger partial charge >= 0.3 is 6.18 Å². The summed E-state index contributed by atoms with van der Waals surface area (Å²) >= 11 is 4.87. The minimum Gasteiger partial charge on any atom is -0.243 e. The van der Waals surface area contributed by atoms with E-state index < -0.39 is 11.9 Å². The molecule has 0 aliphatic heterocycles. The van der Waals surface area contributed by atoms with Gasteiger partial charge in [-0.1, -0.05) is 34.1 Å². The Bertz CT molecular complexity index is 834. The minimum absolute atomic E-state index is 0.353. The van der Waals surface area contributed by atoms with Crippen LogP contribution in [0.2, 0.25) is 0 Å². The normalized spacial score (nSPS) is 11.8. The van der Waals surface area contributed by atoms with Crippen molar-refractivity contribution in [2.24, 2.45) is 0 Å². The van der Waals surface area contributed by atoms with E-state index in [-0.39, 0.29) is 0 Å². The fourth-order valence-corrected chi connectivity index (χ4v) is 3.48. The molecule has 0 fully saturated rings. The van der Waals surface area contributed by atoms with Crippen molar-refractivity contribution in [3.8, 4) is 0 Å². The summed E-state index contributed by atoms with van der Waals surface area (Å²) in [4.78, 5) is 4.76. The van der Waals surface area contributed by atoms with E-state index in [0.717, 1.165) is 20.8 Å². The van der Waals surface area contributed by atoms with Crippen LogP contribution < -0.4 is 0 Å². The molecule has 0 saturated carbocycles. The zero-order chi connectivity index (χ0) is 16.4. The van der Waals surface area contributed by atoms with Crippen LogP contribution in [-0.4, -0.2) is 4.98 Å². The highest BCUT2D eigenvalue weighted by atomic mass is 79.9. The molecule has 118 valence electrons. The molecule has 0 N–H and O–H groups in total. The SMILES string of the molecule is FC(F)(F)c1cc(CSc2ccccc2)c2cc(Br)ccc2n1. The highest BCUT2D eigenvalue weighted by Crippen LogP contribution is 2.34. The molecule has 2 aromatic carbocycles. The zero-order valence-corrected chi connectivity index (χ0v) is 14.2. The van der Waals surface area contributed by atoms with Crippen LogP contribution in [0.5, 0.6) is 0 Å². The number of aromatic nitrogens is 1. The van der Waals surface area contributed by atoms with Gasteiger partial charge in [0.2, 0.25) is 0 Å². The van der Waals surface area contributed by atoms with E-state index in [1.54, 1.807) is 12.1 Å². The summed E-state index contributed by atoms with van der Waals surface area (Å²) in [6.07, 6.45) is -4.45. The van der Waals surface area contributed by atoms with Crippen molar-refractivity contribution >= 4 is 38.6 Å². The maximum Gasteiger partial charge on any atom is 0.433 e. The molecular formula is C17H11BrF3NS. The topological polar surface area (TPSA) is 12.9 Å². The third-order valence-electron chi connectivity index (χ3n) is 3.28. The molecule has 0 spiro atoms. The molecule has 0 amide bonds. The molecule has 1 nitrogen and oxygen atoms in total. The second kappa shape index (κ2) is 6.53. The second-order valence-corrected chi connectivity index (χ2v) is 6.89. The van der Waals surface area contributed by atoms with E-state index in [1.807, 2.05) is 36.4 Å². The van der Waals surface area contributed by atoms with Crippen molar-refractivity contribution in [2.75, 3.05) is 0 Å². The van der Waals surface area contributed by atoms with Crippen molar-refractivity contribution in [3.63, 3.8) is 0 Å². The highest BCUT2D eigenvalue weighted by molar-refractivity contribution is 9.10. The van der Waals surface area contributed by atoms with Crippen LogP contribution in [-0.2, 0) is 11.9 Å². The van der Waals surface area contributed by atoms with Crippen molar-refractivity contribution in [1.29, 1.82) is 0 Å². The summed E-state index contributed by atoms with van der Waals surface area (Å²) in [5, 5.41) is 0.732. The maximum absolute atomic E-state index is 13.1. The van der Waals surface area contributed by atoms with Gasteiger partial charge in [0.05, 0.1) is 5.52 Å². The Morgan fingerprint density at radius 1 is 1.00 bits per heavy atom. The number of hydrogen-bond donors (Lipinski definition) is 0. The van der Waals surface area contributed by atoms with Gasteiger partial charge < -0.3 is 0 Å². The Kier molecular flexibility index (Phi) is 4.64. The number of alkyl halides is 3. The van der Waals surface area contributed by atoms with Crippen molar-refractivity contribution in [1.82, 2.24) is 4.98 Å². The van der Waals surface area contributed by atoms with Gasteiger partial charge in [-0.25, -0.2) is 4.98 Å². The first-order chi connectivity index (χ1) is 10.9. The summed E-state index contributed by atoms with van der Waals surface area (Å²) < 4.78 is 40.0. The van der Waals surface area contributed by atoms with Crippen LogP contribution in [0.15, 0.2) is 64.0 Å². The summed E-state index contributed by atoms with van der Waals surface area (Å²) in [7, 11) is 0. The quantitative estimate of drug-likeness (QED) is 0.480. The van der Waals surface area contributed by atoms with Crippen molar-refractivity contribution in [3.05, 3.63) is 70.3 Å². The van der Waals surface area contributed by atoms with Gasteiger partial charge in [0, 0.05) is 20.5 Å². The van der Waals surface area contributed by atoms with E-state index in [9.17, 15) is 13.2 Å². The molecule has 0 atom stereocenters. The van der Waals surface area contributed by atoms with E-state index in [0.29, 0.717) is 16.8 Å². The fourth-order valence-electron chi connectivity index (χ4n) is 2.21. The summed E-state index contributed by atoms with van der Waals surface area (Å²) in [6, 6.07) is 15.9. The predicted molar refractivity (Wildman–Crippen MR) is 90.4 cm³/mol. The van der Waals surface area contributed by atoms with Gasteiger partial charge in [0.15, 0.2) is 0 Å². The standard InChI is InChI=1S/C17H11BrF3NS/c18-12-6-7-15-14(9-12)11(8-16(22-15)17(19,20)21)10-23-13-4-2-1-3-5-13/h1-9H,10H2. The number of hydrogen-bond acceptors (Lipinski definition) is 2. The first-order valence-corrected chi connectivity index (χ1v) is 8.55. The molecular weight excluding hydrogens is 387 g/mol. The number of thioether (sulfide) groups is 1. The molecule has 0 aliphatic rings. The lowest BCUT2D eigenvalue weighted by molar-refractivity contribution is -0.141. The molecule has 23 heavy (non-hydrogen) atoms. The molecule has 1 heterocycles. The average molecular weight is 398 g/mol. The number of halogens is 4. The molecule has 3 rings (SSSR count). The molecule has 0 radical (unpaired) electrons. The Hall–Kier alpha value is -1.53. The van der Waals surface area contributed by atoms with Crippen LogP contribution in [0.25, 0.3) is 10.9 Å². The Labute approximate surface area is 144 Å². The van der Waals surface area contributed by atoms with Crippen molar-refractivity contribution < 1.29 is 13.2 Å². The fraction of sp³-hybridized carbons (Fsp3) is 0.118. The molecule has 0 bridgehead atoms. The maximum atomic E-state index is 13.1. The van der Waals surface area contributed by atoms with E-state index in [2.05, 4.69) is 20.9 Å². The van der Waals surface area contributed by atoms with Crippen LogP contribution in [0, 0.1) is 0 Å². The summed E-state index contributed by atoms with van der Waals surface area (Å²) in [6.45, 7) is 0. The number of fused-ring (bicyclic) bond motifs is 1. The van der Waals surface area contributed by atoms with Gasteiger partial charge in [0.25, 0.3) is 0 Å². The molecule has 0 unspecified atom stereocenters. The smallest absolute Gasteiger partial charge is 0.243 e. The van der Waals surface area contributed by atoms with Crippen LogP contribution >= 0.6 is 27.7 Å². The molecule has 1 aromatic heterocycles. The first kappa shape index (κ1) is 16.3. The lowest BCUT2D eigenvalue weighted by Gasteiger charge is -2.12. The number of nitrogens with zero attached hydrogens (tertiary/aromatic N) is 1. The summed E-state index contributed by atoms with van der Waals surface area (Å²) in [5.74, 6) is 0.447. The predicted octanol–water partition coefficient (Wildman–Crippen LogP) is 6.31. The Morgan fingerprint density at radius 2 is 1.74 bits per heavy atom. The van der Waals surface area contributed by atoms with Gasteiger partial charge in [0.1, 0.15) is 5.69 Å². The highest BCUT2D eigenvalue weighted by Gasteiger charge is 2.33. The molecule has 0 aliphatic carbocycles. The van der Waals surface area contributed by atoms with Crippen LogP contribution in [0.1, 0.15) is 11.3 Å². The zero-order valence-electron chi connectivity index (χ0n) is 11.8. The van der Waals surface area contributed by atoms with Crippen LogP contribution in [0.3, 0.4) is 0 Å². The lowest BCUT2D eigenvalue weighted by Crippen LogP contribution is -2.09. The number of rotatable bonds is 3. The monoisotopic (exact) mass is 397 g/mol. The average Bonchev–Trinajstić information content (AvgIpc) is 2.52. The van der Waals surface area contributed by atoms with Gasteiger partial charge in [-0.15, -0.1) is 11.8 Å².